The van der Waals surface area contributed by atoms with Crippen molar-refractivity contribution in [3.63, 3.8) is 0 Å². The average Bonchev–Trinajstić information content (AvgIpc) is 2.78. The highest BCUT2D eigenvalue weighted by molar-refractivity contribution is 7.23. The molecule has 1 aromatic heterocycles. The molecule has 0 aliphatic rings. The molecule has 0 aliphatic heterocycles. The largest absolute Gasteiger partial charge is 0.389 e. The summed E-state index contributed by atoms with van der Waals surface area (Å²) in [7, 11) is 0. The van der Waals surface area contributed by atoms with Gasteiger partial charge in [0, 0.05) is 15.8 Å². The highest BCUT2D eigenvalue weighted by Crippen LogP contribution is 2.41. The molecule has 1 heterocycles. The molecule has 0 aliphatic carbocycles. The minimum atomic E-state index is -0.466. The van der Waals surface area contributed by atoms with Crippen LogP contribution < -0.4 is 11.1 Å². The predicted molar refractivity (Wildman–Crippen MR) is 87.2 cm³/mol. The number of benzene rings is 2. The second-order valence-corrected chi connectivity index (χ2v) is 5.88. The Morgan fingerprint density at radius 3 is 2.76 bits per heavy atom. The van der Waals surface area contributed by atoms with E-state index in [0.717, 1.165) is 15.8 Å². The maximum absolute atomic E-state index is 13.2. The van der Waals surface area contributed by atoms with Crippen molar-refractivity contribution in [3.05, 3.63) is 58.7 Å². The molecule has 6 heteroatoms. The highest BCUT2D eigenvalue weighted by atomic mass is 35.5. The number of anilines is 3. The van der Waals surface area contributed by atoms with E-state index < -0.39 is 5.82 Å². The number of halogens is 2. The molecule has 3 N–H and O–H groups in total. The van der Waals surface area contributed by atoms with Crippen molar-refractivity contribution in [1.82, 2.24) is 0 Å². The Kier molecular flexibility index (Phi) is 3.42. The standard InChI is InChI=1S/C15H9ClFN3S/c1-19-8-2-4-10-13(7-8)21-15(18)14(10)20-9-3-5-12(17)11(16)6-9/h2-7,20H,18H2. The lowest BCUT2D eigenvalue weighted by Crippen LogP contribution is -1.93. The van der Waals surface area contributed by atoms with Gasteiger partial charge in [0.15, 0.2) is 5.69 Å². The van der Waals surface area contributed by atoms with Gasteiger partial charge in [-0.3, -0.25) is 0 Å². The van der Waals surface area contributed by atoms with Crippen LogP contribution in [0.15, 0.2) is 36.4 Å². The molecule has 0 bridgehead atoms. The Hall–Kier alpha value is -2.29. The summed E-state index contributed by atoms with van der Waals surface area (Å²) in [5, 5.41) is 4.73. The minimum absolute atomic E-state index is 0.0494. The fourth-order valence-corrected chi connectivity index (χ4v) is 3.16. The second-order valence-electron chi connectivity index (χ2n) is 4.39. The molecule has 0 spiro atoms. The Morgan fingerprint density at radius 2 is 2.05 bits per heavy atom. The number of nitrogen functional groups attached to an aromatic ring is 1. The monoisotopic (exact) mass is 317 g/mol. The van der Waals surface area contributed by atoms with E-state index in [1.807, 2.05) is 6.07 Å². The number of nitrogens with one attached hydrogen (secondary N) is 1. The number of nitrogens with two attached hydrogens (primary N) is 1. The van der Waals surface area contributed by atoms with E-state index in [2.05, 4.69) is 10.2 Å². The Morgan fingerprint density at radius 1 is 1.24 bits per heavy atom. The zero-order valence-electron chi connectivity index (χ0n) is 10.7. The molecule has 0 amide bonds. The van der Waals surface area contributed by atoms with Gasteiger partial charge in [-0.2, -0.15) is 0 Å². The van der Waals surface area contributed by atoms with Crippen LogP contribution in [0.2, 0.25) is 5.02 Å². The first-order valence-corrected chi connectivity index (χ1v) is 7.19. The zero-order chi connectivity index (χ0) is 15.0. The number of thiophene rings is 1. The molecule has 0 saturated heterocycles. The van der Waals surface area contributed by atoms with Gasteiger partial charge in [0.1, 0.15) is 10.8 Å². The summed E-state index contributed by atoms with van der Waals surface area (Å²) in [6.45, 7) is 7.04. The van der Waals surface area contributed by atoms with Crippen LogP contribution in [0.5, 0.6) is 0 Å². The van der Waals surface area contributed by atoms with Crippen LogP contribution >= 0.6 is 22.9 Å². The summed E-state index contributed by atoms with van der Waals surface area (Å²) in [5.74, 6) is -0.466. The van der Waals surface area contributed by atoms with Gasteiger partial charge in [-0.25, -0.2) is 9.24 Å². The lowest BCUT2D eigenvalue weighted by Gasteiger charge is -2.07. The molecule has 0 radical (unpaired) electrons. The van der Waals surface area contributed by atoms with Gasteiger partial charge < -0.3 is 11.1 Å². The normalized spacial score (nSPS) is 10.5. The molecule has 104 valence electrons. The van der Waals surface area contributed by atoms with E-state index in [9.17, 15) is 4.39 Å². The molecular formula is C15H9ClFN3S. The van der Waals surface area contributed by atoms with E-state index in [0.29, 0.717) is 16.4 Å². The molecular weight excluding hydrogens is 309 g/mol. The summed E-state index contributed by atoms with van der Waals surface area (Å²) in [6.07, 6.45) is 0. The van der Waals surface area contributed by atoms with Crippen molar-refractivity contribution in [3.8, 4) is 0 Å². The molecule has 3 rings (SSSR count). The Labute approximate surface area is 129 Å². The number of hydrogen-bond donors (Lipinski definition) is 2. The molecule has 0 fully saturated rings. The molecule has 3 aromatic rings. The molecule has 2 aromatic carbocycles. The maximum Gasteiger partial charge on any atom is 0.188 e. The third-order valence-corrected chi connectivity index (χ3v) is 4.29. The molecule has 3 nitrogen and oxygen atoms in total. The molecule has 21 heavy (non-hydrogen) atoms. The second kappa shape index (κ2) is 5.24. The summed E-state index contributed by atoms with van der Waals surface area (Å²) in [4.78, 5) is 3.40. The fraction of sp³-hybridized carbons (Fsp3) is 0. The van der Waals surface area contributed by atoms with Gasteiger partial charge in [0.2, 0.25) is 0 Å². The third-order valence-electron chi connectivity index (χ3n) is 3.02. The Bertz CT molecular complexity index is 882. The van der Waals surface area contributed by atoms with E-state index in [-0.39, 0.29) is 5.02 Å². The van der Waals surface area contributed by atoms with E-state index in [4.69, 9.17) is 23.9 Å². The van der Waals surface area contributed by atoms with Gasteiger partial charge in [0.05, 0.1) is 17.3 Å². The number of rotatable bonds is 2. The van der Waals surface area contributed by atoms with Crippen LogP contribution in [0.1, 0.15) is 0 Å². The summed E-state index contributed by atoms with van der Waals surface area (Å²) in [5.41, 5.74) is 8.00. The van der Waals surface area contributed by atoms with Gasteiger partial charge in [0.25, 0.3) is 0 Å². The van der Waals surface area contributed by atoms with Crippen molar-refractivity contribution in [2.75, 3.05) is 11.1 Å². The lowest BCUT2D eigenvalue weighted by molar-refractivity contribution is 0.628. The minimum Gasteiger partial charge on any atom is -0.389 e. The van der Waals surface area contributed by atoms with Crippen molar-refractivity contribution >= 4 is 55.1 Å². The van der Waals surface area contributed by atoms with Crippen molar-refractivity contribution in [2.45, 2.75) is 0 Å². The predicted octanol–water partition coefficient (Wildman–Crippen LogP) is 5.57. The Balaban J connectivity index is 2.06. The van der Waals surface area contributed by atoms with Crippen LogP contribution in [0, 0.1) is 12.4 Å². The van der Waals surface area contributed by atoms with E-state index in [1.54, 1.807) is 18.2 Å². The van der Waals surface area contributed by atoms with Crippen LogP contribution in [-0.2, 0) is 0 Å². The number of hydrogen-bond acceptors (Lipinski definition) is 3. The topological polar surface area (TPSA) is 42.4 Å². The number of fused-ring (bicyclic) bond motifs is 1. The van der Waals surface area contributed by atoms with Gasteiger partial charge >= 0.3 is 0 Å². The van der Waals surface area contributed by atoms with Gasteiger partial charge in [-0.15, -0.1) is 11.3 Å². The van der Waals surface area contributed by atoms with Crippen LogP contribution in [0.4, 0.5) is 26.5 Å². The average molecular weight is 318 g/mol. The molecule has 0 atom stereocenters. The lowest BCUT2D eigenvalue weighted by atomic mass is 10.2. The van der Waals surface area contributed by atoms with Gasteiger partial charge in [-0.05, 0) is 24.3 Å². The third kappa shape index (κ3) is 2.51. The SMILES string of the molecule is [C-]#[N+]c1ccc2c(Nc3ccc(F)c(Cl)c3)c(N)sc2c1. The maximum atomic E-state index is 13.2. The van der Waals surface area contributed by atoms with Crippen molar-refractivity contribution < 1.29 is 4.39 Å². The first kappa shape index (κ1) is 13.7. The molecule has 0 unspecified atom stereocenters. The van der Waals surface area contributed by atoms with E-state index >= 15 is 0 Å². The first-order valence-electron chi connectivity index (χ1n) is 6.00. The van der Waals surface area contributed by atoms with Crippen LogP contribution in [0.25, 0.3) is 14.9 Å². The van der Waals surface area contributed by atoms with E-state index in [1.165, 1.54) is 23.5 Å². The van der Waals surface area contributed by atoms with Crippen molar-refractivity contribution in [1.29, 1.82) is 0 Å². The summed E-state index contributed by atoms with van der Waals surface area (Å²) < 4.78 is 14.1. The van der Waals surface area contributed by atoms with Crippen molar-refractivity contribution in [2.24, 2.45) is 0 Å². The summed E-state index contributed by atoms with van der Waals surface area (Å²) >= 11 is 7.17. The van der Waals surface area contributed by atoms with Crippen LogP contribution in [-0.4, -0.2) is 0 Å². The molecule has 0 saturated carbocycles. The highest BCUT2D eigenvalue weighted by Gasteiger charge is 2.11. The number of nitrogens with zero attached hydrogens (tertiary/aromatic N) is 1. The van der Waals surface area contributed by atoms with Crippen LogP contribution in [0.3, 0.4) is 0 Å². The fourth-order valence-electron chi connectivity index (χ4n) is 2.02. The van der Waals surface area contributed by atoms with Gasteiger partial charge in [-0.1, -0.05) is 23.7 Å². The smallest absolute Gasteiger partial charge is 0.188 e. The first-order chi connectivity index (χ1) is 10.1. The zero-order valence-corrected chi connectivity index (χ0v) is 12.2. The quantitative estimate of drug-likeness (QED) is 0.607. The summed E-state index contributed by atoms with van der Waals surface area (Å²) in [6, 6.07) is 9.79.